The van der Waals surface area contributed by atoms with Crippen LogP contribution in [0.1, 0.15) is 11.1 Å². The van der Waals surface area contributed by atoms with Crippen molar-refractivity contribution in [2.45, 2.75) is 6.54 Å². The van der Waals surface area contributed by atoms with Crippen LogP contribution in [0.5, 0.6) is 0 Å². The molecule has 112 valence electrons. The molecule has 0 unspecified atom stereocenters. The molecule has 22 heavy (non-hydrogen) atoms. The van der Waals surface area contributed by atoms with E-state index in [1.807, 2.05) is 18.2 Å². The van der Waals surface area contributed by atoms with Gasteiger partial charge in [-0.05, 0) is 30.3 Å². The van der Waals surface area contributed by atoms with Gasteiger partial charge in [0.25, 0.3) is 0 Å². The largest absolute Gasteiger partial charge is 0.369 e. The van der Waals surface area contributed by atoms with Gasteiger partial charge in [0.1, 0.15) is 5.82 Å². The van der Waals surface area contributed by atoms with Crippen LogP contribution in [0.15, 0.2) is 48.5 Å². The van der Waals surface area contributed by atoms with Gasteiger partial charge < -0.3 is 4.90 Å². The molecule has 0 aromatic heterocycles. The van der Waals surface area contributed by atoms with Crippen LogP contribution in [-0.4, -0.2) is 31.1 Å². The van der Waals surface area contributed by atoms with Gasteiger partial charge in [-0.1, -0.05) is 18.2 Å². The third kappa shape index (κ3) is 3.26. The molecule has 1 fully saturated rings. The van der Waals surface area contributed by atoms with Gasteiger partial charge >= 0.3 is 0 Å². The predicted octanol–water partition coefficient (Wildman–Crippen LogP) is 3.02. The number of para-hydroxylation sites is 1. The van der Waals surface area contributed by atoms with Gasteiger partial charge in [-0.25, -0.2) is 4.39 Å². The van der Waals surface area contributed by atoms with Crippen LogP contribution in [0.2, 0.25) is 0 Å². The molecule has 1 aliphatic rings. The molecule has 0 radical (unpaired) electrons. The zero-order chi connectivity index (χ0) is 15.4. The second-order valence-electron chi connectivity index (χ2n) is 5.52. The molecule has 0 saturated carbocycles. The molecular formula is C18H18FN3. The lowest BCUT2D eigenvalue weighted by molar-refractivity contribution is 0.246. The number of hydrogen-bond acceptors (Lipinski definition) is 3. The van der Waals surface area contributed by atoms with Gasteiger partial charge in [-0.3, -0.25) is 4.90 Å². The van der Waals surface area contributed by atoms with E-state index in [4.69, 9.17) is 5.26 Å². The molecule has 3 rings (SSSR count). The average molecular weight is 295 g/mol. The highest BCUT2D eigenvalue weighted by Crippen LogP contribution is 2.18. The van der Waals surface area contributed by atoms with Crippen LogP contribution in [0, 0.1) is 17.1 Å². The van der Waals surface area contributed by atoms with Gasteiger partial charge in [0.15, 0.2) is 0 Å². The first-order valence-electron chi connectivity index (χ1n) is 7.47. The van der Waals surface area contributed by atoms with E-state index in [2.05, 4.69) is 28.0 Å². The predicted molar refractivity (Wildman–Crippen MR) is 85.0 cm³/mol. The van der Waals surface area contributed by atoms with Gasteiger partial charge in [-0.2, -0.15) is 5.26 Å². The summed E-state index contributed by atoms with van der Waals surface area (Å²) in [5.41, 5.74) is 2.35. The number of nitriles is 1. The fourth-order valence-corrected chi connectivity index (χ4v) is 2.81. The van der Waals surface area contributed by atoms with Crippen molar-refractivity contribution in [2.24, 2.45) is 0 Å². The van der Waals surface area contributed by atoms with Crippen molar-refractivity contribution in [2.75, 3.05) is 31.1 Å². The summed E-state index contributed by atoms with van der Waals surface area (Å²) in [6.07, 6.45) is 0. The van der Waals surface area contributed by atoms with Crippen LogP contribution in [-0.2, 0) is 6.54 Å². The van der Waals surface area contributed by atoms with Gasteiger partial charge in [0.05, 0.1) is 11.6 Å². The number of piperazine rings is 1. The Kier molecular flexibility index (Phi) is 4.36. The van der Waals surface area contributed by atoms with E-state index in [0.29, 0.717) is 17.7 Å². The average Bonchev–Trinajstić information content (AvgIpc) is 2.58. The second kappa shape index (κ2) is 6.59. The maximum Gasteiger partial charge on any atom is 0.127 e. The van der Waals surface area contributed by atoms with Crippen molar-refractivity contribution in [3.63, 3.8) is 0 Å². The molecule has 1 aliphatic heterocycles. The lowest BCUT2D eigenvalue weighted by atomic mass is 10.1. The van der Waals surface area contributed by atoms with E-state index < -0.39 is 0 Å². The Hall–Kier alpha value is -2.38. The molecule has 2 aromatic carbocycles. The maximum absolute atomic E-state index is 13.9. The van der Waals surface area contributed by atoms with Crippen molar-refractivity contribution >= 4 is 5.69 Å². The quantitative estimate of drug-likeness (QED) is 0.872. The first-order valence-corrected chi connectivity index (χ1v) is 7.47. The monoisotopic (exact) mass is 295 g/mol. The minimum Gasteiger partial charge on any atom is -0.369 e. The van der Waals surface area contributed by atoms with Crippen molar-refractivity contribution in [1.29, 1.82) is 5.26 Å². The molecule has 1 saturated heterocycles. The topological polar surface area (TPSA) is 30.3 Å². The summed E-state index contributed by atoms with van der Waals surface area (Å²) in [6, 6.07) is 17.0. The highest BCUT2D eigenvalue weighted by Gasteiger charge is 2.18. The van der Waals surface area contributed by atoms with E-state index in [9.17, 15) is 4.39 Å². The number of halogens is 1. The molecule has 0 atom stereocenters. The van der Waals surface area contributed by atoms with Crippen LogP contribution in [0.3, 0.4) is 0 Å². The Balaban J connectivity index is 1.62. The highest BCUT2D eigenvalue weighted by molar-refractivity contribution is 5.46. The number of nitrogens with zero attached hydrogens (tertiary/aromatic N) is 3. The SMILES string of the molecule is N#Cc1ccc(F)c(CN2CCN(c3ccccc3)CC2)c1. The normalized spacial score (nSPS) is 15.5. The molecule has 0 N–H and O–H groups in total. The van der Waals surface area contributed by atoms with Crippen molar-refractivity contribution in [3.05, 3.63) is 65.5 Å². The molecule has 2 aromatic rings. The summed E-state index contributed by atoms with van der Waals surface area (Å²) >= 11 is 0. The van der Waals surface area contributed by atoms with Crippen molar-refractivity contribution in [1.82, 2.24) is 4.90 Å². The van der Waals surface area contributed by atoms with Crippen LogP contribution in [0.25, 0.3) is 0 Å². The van der Waals surface area contributed by atoms with Crippen LogP contribution >= 0.6 is 0 Å². The Morgan fingerprint density at radius 3 is 2.41 bits per heavy atom. The third-order valence-corrected chi connectivity index (χ3v) is 4.06. The smallest absolute Gasteiger partial charge is 0.127 e. The van der Waals surface area contributed by atoms with E-state index >= 15 is 0 Å². The minimum atomic E-state index is -0.232. The fourth-order valence-electron chi connectivity index (χ4n) is 2.81. The van der Waals surface area contributed by atoms with E-state index in [1.54, 1.807) is 6.07 Å². The Morgan fingerprint density at radius 2 is 1.73 bits per heavy atom. The Labute approximate surface area is 130 Å². The highest BCUT2D eigenvalue weighted by atomic mass is 19.1. The summed E-state index contributed by atoms with van der Waals surface area (Å²) in [6.45, 7) is 4.22. The van der Waals surface area contributed by atoms with E-state index in [0.717, 1.165) is 26.2 Å². The maximum atomic E-state index is 13.9. The molecule has 3 nitrogen and oxygen atoms in total. The number of benzene rings is 2. The lowest BCUT2D eigenvalue weighted by Gasteiger charge is -2.36. The second-order valence-corrected chi connectivity index (χ2v) is 5.52. The van der Waals surface area contributed by atoms with Gasteiger partial charge in [0.2, 0.25) is 0 Å². The first kappa shape index (κ1) is 14.6. The zero-order valence-corrected chi connectivity index (χ0v) is 12.4. The van der Waals surface area contributed by atoms with E-state index in [1.165, 1.54) is 17.8 Å². The lowest BCUT2D eigenvalue weighted by Crippen LogP contribution is -2.46. The molecule has 1 heterocycles. The van der Waals surface area contributed by atoms with Crippen LogP contribution in [0.4, 0.5) is 10.1 Å². The molecule has 0 amide bonds. The summed E-state index contributed by atoms with van der Waals surface area (Å²) < 4.78 is 13.9. The number of rotatable bonds is 3. The van der Waals surface area contributed by atoms with Crippen LogP contribution < -0.4 is 4.90 Å². The zero-order valence-electron chi connectivity index (χ0n) is 12.4. The van der Waals surface area contributed by atoms with Crippen molar-refractivity contribution in [3.8, 4) is 6.07 Å². The number of hydrogen-bond donors (Lipinski definition) is 0. The first-order chi connectivity index (χ1) is 10.8. The molecule has 0 spiro atoms. The molecule has 0 aliphatic carbocycles. The Bertz CT molecular complexity index is 670. The van der Waals surface area contributed by atoms with E-state index in [-0.39, 0.29) is 5.82 Å². The Morgan fingerprint density at radius 1 is 1.00 bits per heavy atom. The fraction of sp³-hybridized carbons (Fsp3) is 0.278. The summed E-state index contributed by atoms with van der Waals surface area (Å²) in [5, 5.41) is 8.93. The van der Waals surface area contributed by atoms with Gasteiger partial charge in [0, 0.05) is 44.0 Å². The molecular weight excluding hydrogens is 277 g/mol. The standard InChI is InChI=1S/C18H18FN3/c19-18-7-6-15(13-20)12-16(18)14-21-8-10-22(11-9-21)17-4-2-1-3-5-17/h1-7,12H,8-11,14H2. The van der Waals surface area contributed by atoms with Crippen molar-refractivity contribution < 1.29 is 4.39 Å². The molecule has 0 bridgehead atoms. The summed E-state index contributed by atoms with van der Waals surface area (Å²) in [4.78, 5) is 4.58. The summed E-state index contributed by atoms with van der Waals surface area (Å²) in [5.74, 6) is -0.232. The summed E-state index contributed by atoms with van der Waals surface area (Å²) in [7, 11) is 0. The third-order valence-electron chi connectivity index (χ3n) is 4.06. The molecule has 4 heteroatoms. The number of anilines is 1. The van der Waals surface area contributed by atoms with Gasteiger partial charge in [-0.15, -0.1) is 0 Å². The minimum absolute atomic E-state index is 0.232.